The number of carbonyl (C=O) groups is 3. The molecule has 0 N–H and O–H groups in total. The van der Waals surface area contributed by atoms with Crippen molar-refractivity contribution in [3.8, 4) is 5.75 Å². The summed E-state index contributed by atoms with van der Waals surface area (Å²) in [4.78, 5) is 41.4. The Balaban J connectivity index is 1.61. The van der Waals surface area contributed by atoms with Crippen molar-refractivity contribution in [1.29, 1.82) is 0 Å². The molecule has 0 bridgehead atoms. The van der Waals surface area contributed by atoms with E-state index in [0.717, 1.165) is 0 Å². The van der Waals surface area contributed by atoms with Crippen LogP contribution in [0.4, 0.5) is 5.69 Å². The van der Waals surface area contributed by atoms with E-state index in [2.05, 4.69) is 0 Å². The van der Waals surface area contributed by atoms with E-state index < -0.39 is 0 Å². The maximum atomic E-state index is 13.3. The van der Waals surface area contributed by atoms with Crippen molar-refractivity contribution in [3.05, 3.63) is 94.5 Å². The molecule has 4 rings (SSSR count). The van der Waals surface area contributed by atoms with Crippen LogP contribution >= 0.6 is 11.6 Å². The number of amides is 3. The first-order valence-corrected chi connectivity index (χ1v) is 10.0. The zero-order valence-electron chi connectivity index (χ0n) is 16.7. The molecular formula is C24H19ClN2O4. The Labute approximate surface area is 184 Å². The molecule has 1 aliphatic rings. The molecule has 1 aliphatic heterocycles. The van der Waals surface area contributed by atoms with Gasteiger partial charge in [-0.3, -0.25) is 19.3 Å². The first-order chi connectivity index (χ1) is 15.0. The van der Waals surface area contributed by atoms with Gasteiger partial charge in [-0.1, -0.05) is 29.8 Å². The van der Waals surface area contributed by atoms with Crippen LogP contribution in [0, 0.1) is 0 Å². The fourth-order valence-electron chi connectivity index (χ4n) is 3.53. The number of carbonyl (C=O) groups excluding carboxylic acids is 3. The third kappa shape index (κ3) is 4.02. The number of nitrogens with zero attached hydrogens (tertiary/aromatic N) is 2. The number of ether oxygens (including phenoxy) is 1. The first-order valence-electron chi connectivity index (χ1n) is 9.66. The summed E-state index contributed by atoms with van der Waals surface area (Å²) in [5.74, 6) is -0.348. The lowest BCUT2D eigenvalue weighted by Crippen LogP contribution is -2.41. The van der Waals surface area contributed by atoms with Crippen molar-refractivity contribution in [3.63, 3.8) is 0 Å². The van der Waals surface area contributed by atoms with E-state index >= 15 is 0 Å². The van der Waals surface area contributed by atoms with Gasteiger partial charge >= 0.3 is 0 Å². The fraction of sp³-hybridized carbons (Fsp3) is 0.125. The van der Waals surface area contributed by atoms with Crippen LogP contribution in [0.2, 0.25) is 5.02 Å². The van der Waals surface area contributed by atoms with Crippen LogP contribution in [0.15, 0.2) is 72.8 Å². The first kappa shape index (κ1) is 20.6. The van der Waals surface area contributed by atoms with E-state index in [1.807, 2.05) is 0 Å². The summed E-state index contributed by atoms with van der Waals surface area (Å²) in [7, 11) is 1.56. The Hall–Kier alpha value is -3.64. The molecule has 0 radical (unpaired) electrons. The number of benzene rings is 3. The summed E-state index contributed by atoms with van der Waals surface area (Å²) in [6.07, 6.45) is 0. The highest BCUT2D eigenvalue weighted by atomic mass is 35.5. The van der Waals surface area contributed by atoms with Gasteiger partial charge in [0.25, 0.3) is 17.7 Å². The van der Waals surface area contributed by atoms with Crippen LogP contribution < -0.4 is 9.64 Å². The Morgan fingerprint density at radius 1 is 0.935 bits per heavy atom. The van der Waals surface area contributed by atoms with E-state index in [4.69, 9.17) is 16.3 Å². The molecule has 0 spiro atoms. The lowest BCUT2D eigenvalue weighted by atomic mass is 10.1. The molecule has 7 heteroatoms. The molecule has 1 heterocycles. The molecule has 156 valence electrons. The van der Waals surface area contributed by atoms with Crippen molar-refractivity contribution in [2.24, 2.45) is 0 Å². The molecule has 0 atom stereocenters. The largest absolute Gasteiger partial charge is 0.497 e. The zero-order chi connectivity index (χ0) is 22.0. The predicted molar refractivity (Wildman–Crippen MR) is 118 cm³/mol. The molecule has 0 aliphatic carbocycles. The van der Waals surface area contributed by atoms with Gasteiger partial charge in [-0.25, -0.2) is 0 Å². The standard InChI is InChI=1S/C24H19ClN2O4/c1-31-19-11-9-18(10-12-19)26(22(28)16-5-4-6-17(25)15-16)13-14-27-23(29)20-7-2-3-8-21(20)24(27)30/h2-12,15H,13-14H2,1H3. The van der Waals surface area contributed by atoms with Crippen molar-refractivity contribution >= 4 is 35.0 Å². The van der Waals surface area contributed by atoms with Crippen LogP contribution in [-0.4, -0.2) is 42.8 Å². The van der Waals surface area contributed by atoms with Gasteiger partial charge in [0.2, 0.25) is 0 Å². The van der Waals surface area contributed by atoms with E-state index in [1.165, 1.54) is 9.80 Å². The Morgan fingerprint density at radius 3 is 2.16 bits per heavy atom. The third-order valence-electron chi connectivity index (χ3n) is 5.13. The lowest BCUT2D eigenvalue weighted by Gasteiger charge is -2.25. The number of methoxy groups -OCH3 is 1. The number of hydrogen-bond acceptors (Lipinski definition) is 4. The van der Waals surface area contributed by atoms with E-state index in [1.54, 1.807) is 79.9 Å². The minimum absolute atomic E-state index is 0.0602. The highest BCUT2D eigenvalue weighted by Gasteiger charge is 2.35. The summed E-state index contributed by atoms with van der Waals surface area (Å²) in [5, 5.41) is 0.445. The molecule has 3 aromatic rings. The van der Waals surface area contributed by atoms with Crippen molar-refractivity contribution < 1.29 is 19.1 Å². The van der Waals surface area contributed by atoms with Gasteiger partial charge in [-0.05, 0) is 54.6 Å². The summed E-state index contributed by atoms with van der Waals surface area (Å²) in [5.41, 5.74) is 1.78. The molecule has 0 fully saturated rings. The van der Waals surface area contributed by atoms with Gasteiger partial charge in [-0.15, -0.1) is 0 Å². The monoisotopic (exact) mass is 434 g/mol. The zero-order valence-corrected chi connectivity index (χ0v) is 17.5. The van der Waals surface area contributed by atoms with E-state index in [9.17, 15) is 14.4 Å². The summed E-state index contributed by atoms with van der Waals surface area (Å²) in [6, 6.07) is 20.4. The van der Waals surface area contributed by atoms with Crippen LogP contribution in [0.1, 0.15) is 31.1 Å². The van der Waals surface area contributed by atoms with Crippen molar-refractivity contribution in [2.45, 2.75) is 0 Å². The Bertz CT molecular complexity index is 1130. The number of rotatable bonds is 6. The van der Waals surface area contributed by atoms with Crippen LogP contribution in [0.5, 0.6) is 5.75 Å². The van der Waals surface area contributed by atoms with Crippen molar-refractivity contribution in [2.75, 3.05) is 25.1 Å². The van der Waals surface area contributed by atoms with Crippen LogP contribution in [0.25, 0.3) is 0 Å². The topological polar surface area (TPSA) is 66.9 Å². The highest BCUT2D eigenvalue weighted by Crippen LogP contribution is 2.25. The second-order valence-corrected chi connectivity index (χ2v) is 7.41. The SMILES string of the molecule is COc1ccc(N(CCN2C(=O)c3ccccc3C2=O)C(=O)c2cccc(Cl)c2)cc1. The molecule has 0 saturated carbocycles. The number of hydrogen-bond donors (Lipinski definition) is 0. The minimum Gasteiger partial charge on any atom is -0.497 e. The van der Waals surface area contributed by atoms with Crippen molar-refractivity contribution in [1.82, 2.24) is 4.90 Å². The number of fused-ring (bicyclic) bond motifs is 1. The molecule has 3 amide bonds. The van der Waals surface area contributed by atoms with Gasteiger partial charge in [0.05, 0.1) is 18.2 Å². The fourth-order valence-corrected chi connectivity index (χ4v) is 3.72. The van der Waals surface area contributed by atoms with Crippen LogP contribution in [-0.2, 0) is 0 Å². The Kier molecular flexibility index (Phi) is 5.73. The predicted octanol–water partition coefficient (Wildman–Crippen LogP) is 4.29. The van der Waals surface area contributed by atoms with Gasteiger partial charge in [-0.2, -0.15) is 0 Å². The van der Waals surface area contributed by atoms with Gasteiger partial charge in [0, 0.05) is 29.4 Å². The second kappa shape index (κ2) is 8.62. The quantitative estimate of drug-likeness (QED) is 0.543. The molecule has 3 aromatic carbocycles. The van der Waals surface area contributed by atoms with Gasteiger partial charge in [0.15, 0.2) is 0 Å². The number of halogens is 1. The molecule has 0 saturated heterocycles. The summed E-state index contributed by atoms with van der Waals surface area (Å²) in [6.45, 7) is 0.188. The normalized spacial score (nSPS) is 12.6. The molecule has 6 nitrogen and oxygen atoms in total. The number of anilines is 1. The van der Waals surface area contributed by atoms with E-state index in [-0.39, 0.29) is 30.8 Å². The smallest absolute Gasteiger partial charge is 0.261 e. The lowest BCUT2D eigenvalue weighted by molar-refractivity contribution is 0.0654. The molecule has 0 aromatic heterocycles. The molecule has 31 heavy (non-hydrogen) atoms. The Morgan fingerprint density at radius 2 is 1.58 bits per heavy atom. The molecule has 0 unspecified atom stereocenters. The average molecular weight is 435 g/mol. The maximum Gasteiger partial charge on any atom is 0.261 e. The number of imide groups is 1. The minimum atomic E-state index is -0.356. The third-order valence-corrected chi connectivity index (χ3v) is 5.36. The van der Waals surface area contributed by atoms with E-state index in [0.29, 0.717) is 33.1 Å². The van der Waals surface area contributed by atoms with Gasteiger partial charge < -0.3 is 9.64 Å². The van der Waals surface area contributed by atoms with Crippen LogP contribution in [0.3, 0.4) is 0 Å². The highest BCUT2D eigenvalue weighted by molar-refractivity contribution is 6.31. The maximum absolute atomic E-state index is 13.3. The summed E-state index contributed by atoms with van der Waals surface area (Å²) < 4.78 is 5.20. The summed E-state index contributed by atoms with van der Waals surface area (Å²) >= 11 is 6.06. The molecular weight excluding hydrogens is 416 g/mol. The average Bonchev–Trinajstić information content (AvgIpc) is 3.04. The van der Waals surface area contributed by atoms with Gasteiger partial charge in [0.1, 0.15) is 5.75 Å². The second-order valence-electron chi connectivity index (χ2n) is 6.97.